The first-order chi connectivity index (χ1) is 12.6. The molecule has 0 spiro atoms. The number of nitrogens with zero attached hydrogens (tertiary/aromatic N) is 5. The van der Waals surface area contributed by atoms with Crippen LogP contribution in [0.1, 0.15) is 18.3 Å². The van der Waals surface area contributed by atoms with Crippen LogP contribution in [0.3, 0.4) is 0 Å². The van der Waals surface area contributed by atoms with Crippen molar-refractivity contribution in [1.82, 2.24) is 25.0 Å². The maximum absolute atomic E-state index is 5.36. The lowest BCUT2D eigenvalue weighted by Gasteiger charge is -2.22. The van der Waals surface area contributed by atoms with Crippen LogP contribution in [-0.2, 0) is 19.5 Å². The lowest BCUT2D eigenvalue weighted by atomic mass is 10.1. The summed E-state index contributed by atoms with van der Waals surface area (Å²) in [5.41, 5.74) is 1.18. The number of halogens is 1. The molecule has 0 unspecified atom stereocenters. The molecule has 1 heterocycles. The molecule has 2 aromatic rings. The van der Waals surface area contributed by atoms with Crippen LogP contribution in [0.5, 0.6) is 11.5 Å². The van der Waals surface area contributed by atoms with Gasteiger partial charge in [-0.3, -0.25) is 4.99 Å². The SMILES string of the molecule is CCn1cnnc1CNC(=NC)N(C)CCc1ccc(OC)c(OC)c1.I. The molecule has 0 aliphatic heterocycles. The molecule has 1 aromatic heterocycles. The van der Waals surface area contributed by atoms with E-state index in [9.17, 15) is 0 Å². The molecular weight excluding hydrogens is 459 g/mol. The second-order valence-corrected chi connectivity index (χ2v) is 5.79. The number of nitrogens with one attached hydrogen (secondary N) is 1. The zero-order valence-electron chi connectivity index (χ0n) is 16.6. The van der Waals surface area contributed by atoms with Crippen LogP contribution in [0.25, 0.3) is 0 Å². The van der Waals surface area contributed by atoms with Gasteiger partial charge in [0, 0.05) is 27.2 Å². The Morgan fingerprint density at radius 3 is 2.63 bits per heavy atom. The summed E-state index contributed by atoms with van der Waals surface area (Å²) in [5, 5.41) is 11.4. The van der Waals surface area contributed by atoms with Crippen molar-refractivity contribution in [2.24, 2.45) is 4.99 Å². The number of methoxy groups -OCH3 is 2. The van der Waals surface area contributed by atoms with Crippen LogP contribution in [0.2, 0.25) is 0 Å². The number of hydrogen-bond donors (Lipinski definition) is 1. The summed E-state index contributed by atoms with van der Waals surface area (Å²) in [4.78, 5) is 6.43. The number of ether oxygens (including phenoxy) is 2. The Labute approximate surface area is 178 Å². The Balaban J connectivity index is 0.00000364. The Hall–Kier alpha value is -2.04. The first-order valence-electron chi connectivity index (χ1n) is 8.62. The van der Waals surface area contributed by atoms with Crippen LogP contribution in [-0.4, -0.2) is 60.5 Å². The molecule has 0 amide bonds. The summed E-state index contributed by atoms with van der Waals surface area (Å²) in [7, 11) is 7.08. The van der Waals surface area contributed by atoms with Crippen molar-refractivity contribution < 1.29 is 9.47 Å². The average Bonchev–Trinajstić information content (AvgIpc) is 3.14. The topological polar surface area (TPSA) is 76.8 Å². The predicted molar refractivity (Wildman–Crippen MR) is 117 cm³/mol. The molecule has 2 rings (SSSR count). The molecule has 27 heavy (non-hydrogen) atoms. The van der Waals surface area contributed by atoms with E-state index >= 15 is 0 Å². The maximum atomic E-state index is 5.36. The fourth-order valence-corrected chi connectivity index (χ4v) is 2.66. The van der Waals surface area contributed by atoms with Crippen molar-refractivity contribution >= 4 is 29.9 Å². The minimum absolute atomic E-state index is 0. The third kappa shape index (κ3) is 6.26. The lowest BCUT2D eigenvalue weighted by Crippen LogP contribution is -2.40. The van der Waals surface area contributed by atoms with Crippen LogP contribution >= 0.6 is 24.0 Å². The minimum atomic E-state index is 0. The van der Waals surface area contributed by atoms with E-state index in [-0.39, 0.29) is 24.0 Å². The minimum Gasteiger partial charge on any atom is -0.493 e. The molecule has 1 N–H and O–H groups in total. The van der Waals surface area contributed by atoms with Crippen molar-refractivity contribution in [1.29, 1.82) is 0 Å². The molecule has 0 aliphatic rings. The first kappa shape index (κ1) is 23.0. The maximum Gasteiger partial charge on any atom is 0.193 e. The number of aryl methyl sites for hydroxylation is 1. The van der Waals surface area contributed by atoms with Crippen molar-refractivity contribution in [2.75, 3.05) is 34.9 Å². The van der Waals surface area contributed by atoms with Gasteiger partial charge in [-0.2, -0.15) is 0 Å². The molecule has 150 valence electrons. The van der Waals surface area contributed by atoms with Crippen molar-refractivity contribution in [2.45, 2.75) is 26.4 Å². The van der Waals surface area contributed by atoms with E-state index in [0.29, 0.717) is 6.54 Å². The highest BCUT2D eigenvalue weighted by atomic mass is 127. The quantitative estimate of drug-likeness (QED) is 0.349. The number of likely N-dealkylation sites (N-methyl/N-ethyl adjacent to an activating group) is 1. The van der Waals surface area contributed by atoms with E-state index in [1.165, 1.54) is 5.56 Å². The summed E-state index contributed by atoms with van der Waals surface area (Å²) < 4.78 is 12.6. The smallest absolute Gasteiger partial charge is 0.193 e. The molecule has 1 aromatic carbocycles. The summed E-state index contributed by atoms with van der Waals surface area (Å²) >= 11 is 0. The average molecular weight is 488 g/mol. The molecule has 0 atom stereocenters. The Bertz CT molecular complexity index is 734. The van der Waals surface area contributed by atoms with Gasteiger partial charge in [0.2, 0.25) is 0 Å². The summed E-state index contributed by atoms with van der Waals surface area (Å²) in [5.74, 6) is 3.19. The van der Waals surface area contributed by atoms with Gasteiger partial charge in [-0.15, -0.1) is 34.2 Å². The van der Waals surface area contributed by atoms with E-state index in [1.807, 2.05) is 23.7 Å². The summed E-state index contributed by atoms with van der Waals surface area (Å²) in [6.07, 6.45) is 2.60. The second kappa shape index (κ2) is 11.6. The molecule has 0 radical (unpaired) electrons. The zero-order valence-corrected chi connectivity index (χ0v) is 18.9. The monoisotopic (exact) mass is 488 g/mol. The van der Waals surface area contributed by atoms with E-state index in [2.05, 4.69) is 38.4 Å². The Morgan fingerprint density at radius 1 is 1.26 bits per heavy atom. The number of rotatable bonds is 8. The lowest BCUT2D eigenvalue weighted by molar-refractivity contribution is 0.354. The van der Waals surface area contributed by atoms with Crippen molar-refractivity contribution in [3.8, 4) is 11.5 Å². The molecule has 0 aliphatic carbocycles. The van der Waals surface area contributed by atoms with Crippen molar-refractivity contribution in [3.63, 3.8) is 0 Å². The molecule has 0 fully saturated rings. The fraction of sp³-hybridized carbons (Fsp3) is 0.500. The van der Waals surface area contributed by atoms with Gasteiger partial charge in [-0.1, -0.05) is 6.07 Å². The van der Waals surface area contributed by atoms with E-state index in [0.717, 1.165) is 42.8 Å². The zero-order chi connectivity index (χ0) is 18.9. The van der Waals surface area contributed by atoms with E-state index in [1.54, 1.807) is 27.6 Å². The Morgan fingerprint density at radius 2 is 2.00 bits per heavy atom. The summed E-state index contributed by atoms with van der Waals surface area (Å²) in [6.45, 7) is 4.31. The second-order valence-electron chi connectivity index (χ2n) is 5.79. The van der Waals surface area contributed by atoms with Crippen LogP contribution in [0.15, 0.2) is 29.5 Å². The molecule has 9 heteroatoms. The highest BCUT2D eigenvalue weighted by Crippen LogP contribution is 2.27. The third-order valence-electron chi connectivity index (χ3n) is 4.20. The van der Waals surface area contributed by atoms with Crippen LogP contribution in [0, 0.1) is 0 Å². The standard InChI is InChI=1S/C18H28N6O2.HI/c1-6-24-13-21-22-17(24)12-20-18(19-2)23(3)10-9-14-7-8-15(25-4)16(11-14)26-5;/h7-8,11,13H,6,9-10,12H2,1-5H3,(H,19,20);1H. The van der Waals surface area contributed by atoms with Gasteiger partial charge >= 0.3 is 0 Å². The first-order valence-corrected chi connectivity index (χ1v) is 8.62. The van der Waals surface area contributed by atoms with Gasteiger partial charge in [-0.05, 0) is 31.0 Å². The van der Waals surface area contributed by atoms with Gasteiger partial charge in [0.15, 0.2) is 23.3 Å². The van der Waals surface area contributed by atoms with Gasteiger partial charge < -0.3 is 24.3 Å². The molecule has 0 saturated heterocycles. The predicted octanol–water partition coefficient (Wildman–Crippen LogP) is 2.18. The molecular formula is C18H29IN6O2. The van der Waals surface area contributed by atoms with Crippen LogP contribution < -0.4 is 14.8 Å². The third-order valence-corrected chi connectivity index (χ3v) is 4.20. The molecule has 0 saturated carbocycles. The number of aliphatic imine (C=N–C) groups is 1. The summed E-state index contributed by atoms with van der Waals surface area (Å²) in [6, 6.07) is 5.99. The Kier molecular flexibility index (Phi) is 9.90. The molecule has 8 nitrogen and oxygen atoms in total. The highest BCUT2D eigenvalue weighted by molar-refractivity contribution is 14.0. The fourth-order valence-electron chi connectivity index (χ4n) is 2.66. The largest absolute Gasteiger partial charge is 0.493 e. The van der Waals surface area contributed by atoms with Crippen molar-refractivity contribution in [3.05, 3.63) is 35.9 Å². The number of hydrogen-bond acceptors (Lipinski definition) is 5. The normalized spacial score (nSPS) is 10.9. The van der Waals surface area contributed by atoms with Crippen LogP contribution in [0.4, 0.5) is 0 Å². The van der Waals surface area contributed by atoms with Gasteiger partial charge in [0.05, 0.1) is 20.8 Å². The van der Waals surface area contributed by atoms with Gasteiger partial charge in [0.25, 0.3) is 0 Å². The van der Waals surface area contributed by atoms with E-state index < -0.39 is 0 Å². The number of benzene rings is 1. The number of aromatic nitrogens is 3. The molecule has 0 bridgehead atoms. The van der Waals surface area contributed by atoms with E-state index in [4.69, 9.17) is 9.47 Å². The van der Waals surface area contributed by atoms with Gasteiger partial charge in [0.1, 0.15) is 6.33 Å². The highest BCUT2D eigenvalue weighted by Gasteiger charge is 2.10. The number of guanidine groups is 1. The van der Waals surface area contributed by atoms with Gasteiger partial charge in [-0.25, -0.2) is 0 Å².